The highest BCUT2D eigenvalue weighted by molar-refractivity contribution is 5.72. The predicted molar refractivity (Wildman–Crippen MR) is 58.1 cm³/mol. The maximum atomic E-state index is 12.6. The number of nitrogen functional groups attached to an aromatic ring is 1. The SMILES string of the molecule is Cn1ncc(N)c1-c1cccc(C(F)(F)F)c1. The summed E-state index contributed by atoms with van der Waals surface area (Å²) in [5.41, 5.74) is 6.21. The summed E-state index contributed by atoms with van der Waals surface area (Å²) in [5, 5.41) is 3.89. The van der Waals surface area contributed by atoms with Crippen LogP contribution in [0.3, 0.4) is 0 Å². The zero-order valence-corrected chi connectivity index (χ0v) is 8.99. The van der Waals surface area contributed by atoms with E-state index in [1.165, 1.54) is 16.9 Å². The molecule has 0 aliphatic heterocycles. The molecule has 2 rings (SSSR count). The highest BCUT2D eigenvalue weighted by Gasteiger charge is 2.30. The van der Waals surface area contributed by atoms with Crippen molar-refractivity contribution in [3.8, 4) is 11.3 Å². The number of nitrogens with zero attached hydrogens (tertiary/aromatic N) is 2. The maximum Gasteiger partial charge on any atom is 0.416 e. The van der Waals surface area contributed by atoms with Crippen LogP contribution in [0.5, 0.6) is 0 Å². The molecule has 90 valence electrons. The van der Waals surface area contributed by atoms with Crippen molar-refractivity contribution in [2.75, 3.05) is 5.73 Å². The second-order valence-electron chi connectivity index (χ2n) is 3.65. The second-order valence-corrected chi connectivity index (χ2v) is 3.65. The van der Waals surface area contributed by atoms with Gasteiger partial charge in [0.15, 0.2) is 0 Å². The summed E-state index contributed by atoms with van der Waals surface area (Å²) in [7, 11) is 1.63. The highest BCUT2D eigenvalue weighted by atomic mass is 19.4. The number of aryl methyl sites for hydroxylation is 1. The molecule has 2 aromatic rings. The Balaban J connectivity index is 2.55. The summed E-state index contributed by atoms with van der Waals surface area (Å²) in [4.78, 5) is 0. The Labute approximate surface area is 95.7 Å². The minimum atomic E-state index is -4.36. The molecule has 0 saturated heterocycles. The second kappa shape index (κ2) is 3.80. The van der Waals surface area contributed by atoms with E-state index in [1.54, 1.807) is 13.1 Å². The maximum absolute atomic E-state index is 12.6. The molecule has 0 unspecified atom stereocenters. The summed E-state index contributed by atoms with van der Waals surface area (Å²) in [6.07, 6.45) is -2.95. The lowest BCUT2D eigenvalue weighted by Gasteiger charge is -2.09. The molecule has 2 N–H and O–H groups in total. The number of nitrogens with two attached hydrogens (primary N) is 1. The van der Waals surface area contributed by atoms with Crippen LogP contribution < -0.4 is 5.73 Å². The minimum Gasteiger partial charge on any atom is -0.396 e. The molecule has 0 aliphatic rings. The predicted octanol–water partition coefficient (Wildman–Crippen LogP) is 2.69. The van der Waals surface area contributed by atoms with E-state index in [2.05, 4.69) is 5.10 Å². The Kier molecular flexibility index (Phi) is 2.57. The Bertz CT molecular complexity index is 524. The van der Waals surface area contributed by atoms with E-state index in [0.717, 1.165) is 12.1 Å². The third-order valence-corrected chi connectivity index (χ3v) is 2.43. The molecule has 0 radical (unpaired) electrons. The van der Waals surface area contributed by atoms with Gasteiger partial charge in [0, 0.05) is 12.6 Å². The molecule has 17 heavy (non-hydrogen) atoms. The van der Waals surface area contributed by atoms with Crippen molar-refractivity contribution < 1.29 is 13.2 Å². The summed E-state index contributed by atoms with van der Waals surface area (Å²) in [6.45, 7) is 0. The van der Waals surface area contributed by atoms with Gasteiger partial charge >= 0.3 is 6.18 Å². The molecule has 1 aromatic carbocycles. The lowest BCUT2D eigenvalue weighted by molar-refractivity contribution is -0.137. The Morgan fingerprint density at radius 2 is 2.00 bits per heavy atom. The molecule has 3 nitrogen and oxygen atoms in total. The van der Waals surface area contributed by atoms with Crippen LogP contribution in [0.15, 0.2) is 30.5 Å². The van der Waals surface area contributed by atoms with Gasteiger partial charge in [-0.2, -0.15) is 18.3 Å². The monoisotopic (exact) mass is 241 g/mol. The van der Waals surface area contributed by atoms with Gasteiger partial charge in [-0.05, 0) is 12.1 Å². The molecule has 0 aliphatic carbocycles. The summed E-state index contributed by atoms with van der Waals surface area (Å²) < 4.78 is 39.1. The zero-order chi connectivity index (χ0) is 12.6. The number of benzene rings is 1. The van der Waals surface area contributed by atoms with Crippen molar-refractivity contribution in [3.05, 3.63) is 36.0 Å². The average molecular weight is 241 g/mol. The van der Waals surface area contributed by atoms with Crippen LogP contribution in [-0.2, 0) is 13.2 Å². The number of anilines is 1. The van der Waals surface area contributed by atoms with Gasteiger partial charge in [-0.1, -0.05) is 12.1 Å². The largest absolute Gasteiger partial charge is 0.416 e. The quantitative estimate of drug-likeness (QED) is 0.834. The van der Waals surface area contributed by atoms with Gasteiger partial charge in [0.2, 0.25) is 0 Å². The standard InChI is InChI=1S/C11H10F3N3/c1-17-10(9(15)6-16-17)7-3-2-4-8(5-7)11(12,13)14/h2-6H,15H2,1H3. The van der Waals surface area contributed by atoms with Crippen molar-refractivity contribution in [2.24, 2.45) is 7.05 Å². The van der Waals surface area contributed by atoms with E-state index in [9.17, 15) is 13.2 Å². The van der Waals surface area contributed by atoms with Crippen LogP contribution in [0.2, 0.25) is 0 Å². The lowest BCUT2D eigenvalue weighted by atomic mass is 10.1. The van der Waals surface area contributed by atoms with E-state index in [-0.39, 0.29) is 0 Å². The molecule has 0 fully saturated rings. The van der Waals surface area contributed by atoms with Crippen LogP contribution in [-0.4, -0.2) is 9.78 Å². The van der Waals surface area contributed by atoms with Gasteiger partial charge in [-0.25, -0.2) is 0 Å². The Morgan fingerprint density at radius 3 is 2.53 bits per heavy atom. The average Bonchev–Trinajstić information content (AvgIpc) is 2.57. The normalized spacial score (nSPS) is 11.8. The van der Waals surface area contributed by atoms with Gasteiger partial charge in [-0.3, -0.25) is 4.68 Å². The topological polar surface area (TPSA) is 43.8 Å². The molecule has 1 aromatic heterocycles. The molecule has 0 bridgehead atoms. The van der Waals surface area contributed by atoms with Crippen LogP contribution >= 0.6 is 0 Å². The molecule has 6 heteroatoms. The van der Waals surface area contributed by atoms with Gasteiger partial charge in [0.05, 0.1) is 23.1 Å². The number of halogens is 3. The molecule has 0 spiro atoms. The fourth-order valence-electron chi connectivity index (χ4n) is 1.65. The first-order chi connectivity index (χ1) is 7.89. The Hall–Kier alpha value is -1.98. The lowest BCUT2D eigenvalue weighted by Crippen LogP contribution is -2.05. The molecule has 0 saturated carbocycles. The number of rotatable bonds is 1. The third-order valence-electron chi connectivity index (χ3n) is 2.43. The van der Waals surface area contributed by atoms with Crippen molar-refractivity contribution >= 4 is 5.69 Å². The van der Waals surface area contributed by atoms with Crippen LogP contribution in [0.4, 0.5) is 18.9 Å². The number of hydrogen-bond acceptors (Lipinski definition) is 2. The van der Waals surface area contributed by atoms with Gasteiger partial charge < -0.3 is 5.73 Å². The van der Waals surface area contributed by atoms with E-state index in [1.807, 2.05) is 0 Å². The van der Waals surface area contributed by atoms with Gasteiger partial charge in [0.1, 0.15) is 0 Å². The highest BCUT2D eigenvalue weighted by Crippen LogP contribution is 2.33. The molecular formula is C11H10F3N3. The van der Waals surface area contributed by atoms with E-state index < -0.39 is 11.7 Å². The number of hydrogen-bond donors (Lipinski definition) is 1. The minimum absolute atomic E-state index is 0.354. The summed E-state index contributed by atoms with van der Waals surface area (Å²) >= 11 is 0. The smallest absolute Gasteiger partial charge is 0.396 e. The van der Waals surface area contributed by atoms with Crippen molar-refractivity contribution in [1.82, 2.24) is 9.78 Å². The van der Waals surface area contributed by atoms with Crippen molar-refractivity contribution in [2.45, 2.75) is 6.18 Å². The van der Waals surface area contributed by atoms with Crippen LogP contribution in [0.25, 0.3) is 11.3 Å². The zero-order valence-electron chi connectivity index (χ0n) is 8.99. The van der Waals surface area contributed by atoms with Crippen LogP contribution in [0.1, 0.15) is 5.56 Å². The van der Waals surface area contributed by atoms with Gasteiger partial charge in [-0.15, -0.1) is 0 Å². The third kappa shape index (κ3) is 2.11. The van der Waals surface area contributed by atoms with Crippen molar-refractivity contribution in [3.63, 3.8) is 0 Å². The molecular weight excluding hydrogens is 231 g/mol. The van der Waals surface area contributed by atoms with Gasteiger partial charge in [0.25, 0.3) is 0 Å². The van der Waals surface area contributed by atoms with E-state index in [0.29, 0.717) is 16.9 Å². The fourth-order valence-corrected chi connectivity index (χ4v) is 1.65. The molecule has 0 amide bonds. The summed E-state index contributed by atoms with van der Waals surface area (Å²) in [5.74, 6) is 0. The van der Waals surface area contributed by atoms with Crippen LogP contribution in [0, 0.1) is 0 Å². The summed E-state index contributed by atoms with van der Waals surface area (Å²) in [6, 6.07) is 5.01. The molecule has 1 heterocycles. The van der Waals surface area contributed by atoms with E-state index >= 15 is 0 Å². The number of alkyl halides is 3. The first kappa shape index (κ1) is 11.5. The first-order valence-corrected chi connectivity index (χ1v) is 4.84. The fraction of sp³-hybridized carbons (Fsp3) is 0.182. The first-order valence-electron chi connectivity index (χ1n) is 4.84. The molecule has 0 atom stereocenters. The van der Waals surface area contributed by atoms with Crippen molar-refractivity contribution in [1.29, 1.82) is 0 Å². The number of aromatic nitrogens is 2. The van der Waals surface area contributed by atoms with E-state index in [4.69, 9.17) is 5.73 Å². The Morgan fingerprint density at radius 1 is 1.29 bits per heavy atom.